The number of benzene rings is 3. The largest absolute Gasteiger partial charge is 0.485 e. The van der Waals surface area contributed by atoms with Crippen molar-refractivity contribution in [2.24, 2.45) is 0 Å². The van der Waals surface area contributed by atoms with E-state index in [4.69, 9.17) is 4.74 Å². The molecule has 0 saturated heterocycles. The molecule has 1 N–H and O–H groups in total. The molecule has 4 aromatic rings. The number of amides is 1. The lowest BCUT2D eigenvalue weighted by molar-refractivity contribution is 0.0675. The predicted molar refractivity (Wildman–Crippen MR) is 106 cm³/mol. The summed E-state index contributed by atoms with van der Waals surface area (Å²) in [5.74, 6) is 0.0161. The van der Waals surface area contributed by atoms with Gasteiger partial charge in [0.25, 0.3) is 5.91 Å². The summed E-state index contributed by atoms with van der Waals surface area (Å²) < 4.78 is 33.7. The van der Waals surface area contributed by atoms with Gasteiger partial charge in [-0.3, -0.25) is 9.36 Å². The fraction of sp³-hybridized carbons (Fsp3) is 0.0909. The second kappa shape index (κ2) is 8.10. The number of hydrogen-bond acceptors (Lipinski definition) is 3. The monoisotopic (exact) mass is 393 g/mol. The van der Waals surface area contributed by atoms with E-state index < -0.39 is 6.55 Å². The first-order valence-electron chi connectivity index (χ1n) is 8.95. The summed E-state index contributed by atoms with van der Waals surface area (Å²) >= 11 is 0. The number of para-hydroxylation sites is 4. The summed E-state index contributed by atoms with van der Waals surface area (Å²) in [5, 5.41) is 2.79. The maximum Gasteiger partial charge on any atom is 0.320 e. The summed E-state index contributed by atoms with van der Waals surface area (Å²) in [6, 6.07) is 22.3. The highest BCUT2D eigenvalue weighted by Crippen LogP contribution is 2.25. The number of anilines is 1. The third-order valence-corrected chi connectivity index (χ3v) is 4.38. The zero-order chi connectivity index (χ0) is 20.2. The molecule has 1 amide bonds. The third kappa shape index (κ3) is 3.94. The predicted octanol–water partition coefficient (Wildman–Crippen LogP) is 5.26. The molecular weight excluding hydrogens is 376 g/mol. The highest BCUT2D eigenvalue weighted by atomic mass is 19.3. The molecule has 0 atom stereocenters. The van der Waals surface area contributed by atoms with Crippen LogP contribution in [0.25, 0.3) is 11.0 Å². The molecule has 0 bridgehead atoms. The Kier molecular flexibility index (Phi) is 5.20. The van der Waals surface area contributed by atoms with E-state index in [1.807, 2.05) is 18.2 Å². The number of nitrogens with one attached hydrogen (secondary N) is 1. The Balaban J connectivity index is 1.58. The molecule has 0 unspecified atom stereocenters. The van der Waals surface area contributed by atoms with Crippen molar-refractivity contribution < 1.29 is 18.3 Å². The molecule has 1 heterocycles. The molecule has 5 nitrogen and oxygen atoms in total. The van der Waals surface area contributed by atoms with Gasteiger partial charge in [0.1, 0.15) is 12.4 Å². The second-order valence-corrected chi connectivity index (χ2v) is 6.27. The minimum absolute atomic E-state index is 0.0828. The number of aromatic nitrogens is 2. The Hall–Kier alpha value is -3.74. The molecule has 0 saturated carbocycles. The molecule has 7 heteroatoms. The molecule has 0 spiro atoms. The lowest BCUT2D eigenvalue weighted by Crippen LogP contribution is -2.14. The maximum absolute atomic E-state index is 13.6. The van der Waals surface area contributed by atoms with Crippen molar-refractivity contribution in [3.05, 3.63) is 90.3 Å². The smallest absolute Gasteiger partial charge is 0.320 e. The number of carbonyl (C=O) groups is 1. The highest BCUT2D eigenvalue weighted by molar-refractivity contribution is 6.06. The number of ether oxygens (including phenoxy) is 1. The Morgan fingerprint density at radius 3 is 2.45 bits per heavy atom. The van der Waals surface area contributed by atoms with Gasteiger partial charge in [-0.15, -0.1) is 0 Å². The Labute approximate surface area is 165 Å². The first kappa shape index (κ1) is 18.6. The van der Waals surface area contributed by atoms with Crippen LogP contribution in [0.3, 0.4) is 0 Å². The van der Waals surface area contributed by atoms with E-state index in [9.17, 15) is 13.6 Å². The number of alkyl halides is 2. The van der Waals surface area contributed by atoms with Gasteiger partial charge in [0, 0.05) is 5.69 Å². The van der Waals surface area contributed by atoms with E-state index in [2.05, 4.69) is 10.3 Å². The number of halogens is 2. The fourth-order valence-corrected chi connectivity index (χ4v) is 3.06. The van der Waals surface area contributed by atoms with Gasteiger partial charge in [0.05, 0.1) is 16.6 Å². The molecular formula is C22H17F2N3O2. The first-order chi connectivity index (χ1) is 14.1. The fourth-order valence-electron chi connectivity index (χ4n) is 3.06. The van der Waals surface area contributed by atoms with Crippen LogP contribution in [-0.2, 0) is 6.61 Å². The normalized spacial score (nSPS) is 11.0. The molecule has 146 valence electrons. The number of imidazole rings is 1. The molecule has 0 aliphatic carbocycles. The molecule has 0 aliphatic rings. The zero-order valence-corrected chi connectivity index (χ0v) is 15.3. The average Bonchev–Trinajstić information content (AvgIpc) is 3.12. The van der Waals surface area contributed by atoms with Crippen molar-refractivity contribution in [2.45, 2.75) is 13.2 Å². The van der Waals surface area contributed by atoms with Crippen molar-refractivity contribution in [2.75, 3.05) is 5.32 Å². The van der Waals surface area contributed by atoms with Gasteiger partial charge in [0.2, 0.25) is 0 Å². The molecule has 0 radical (unpaired) electrons. The zero-order valence-electron chi connectivity index (χ0n) is 15.3. The van der Waals surface area contributed by atoms with Crippen LogP contribution >= 0.6 is 0 Å². The number of carbonyl (C=O) groups excluding carboxylic acids is 1. The molecule has 0 fully saturated rings. The van der Waals surface area contributed by atoms with Crippen LogP contribution in [0.4, 0.5) is 14.5 Å². The minimum atomic E-state index is -2.75. The average molecular weight is 393 g/mol. The number of fused-ring (bicyclic) bond motifs is 1. The van der Waals surface area contributed by atoms with Gasteiger partial charge in [0.15, 0.2) is 5.82 Å². The Morgan fingerprint density at radius 2 is 1.66 bits per heavy atom. The minimum Gasteiger partial charge on any atom is -0.485 e. The molecule has 0 aliphatic heterocycles. The van der Waals surface area contributed by atoms with Crippen LogP contribution in [-0.4, -0.2) is 15.5 Å². The van der Waals surface area contributed by atoms with Crippen LogP contribution in [0.1, 0.15) is 22.7 Å². The SMILES string of the molecule is O=C(Nc1ccccc1)c1ccccc1OCc1nc2ccccc2n1C(F)F. The van der Waals surface area contributed by atoms with E-state index in [-0.39, 0.29) is 24.1 Å². The van der Waals surface area contributed by atoms with Crippen molar-refractivity contribution >= 4 is 22.6 Å². The standard InChI is InChI=1S/C22H17F2N3O2/c23-22(24)27-18-12-6-5-11-17(18)26-20(27)14-29-19-13-7-4-10-16(19)21(28)25-15-8-2-1-3-9-15/h1-13,22H,14H2,(H,25,28). The van der Waals surface area contributed by atoms with Crippen LogP contribution < -0.4 is 10.1 Å². The topological polar surface area (TPSA) is 56.1 Å². The number of rotatable bonds is 6. The van der Waals surface area contributed by atoms with Crippen molar-refractivity contribution in [3.63, 3.8) is 0 Å². The molecule has 4 rings (SSSR count). The van der Waals surface area contributed by atoms with Gasteiger partial charge < -0.3 is 10.1 Å². The van der Waals surface area contributed by atoms with Crippen molar-refractivity contribution in [1.29, 1.82) is 0 Å². The summed E-state index contributed by atoms with van der Waals surface area (Å²) in [5.41, 5.74) is 1.74. The number of nitrogens with zero attached hydrogens (tertiary/aromatic N) is 2. The molecule has 29 heavy (non-hydrogen) atoms. The van der Waals surface area contributed by atoms with Gasteiger partial charge in [-0.1, -0.05) is 42.5 Å². The summed E-state index contributed by atoms with van der Waals surface area (Å²) in [6.45, 7) is -2.95. The first-order valence-corrected chi connectivity index (χ1v) is 8.95. The lowest BCUT2D eigenvalue weighted by Gasteiger charge is -2.13. The summed E-state index contributed by atoms with van der Waals surface area (Å²) in [6.07, 6.45) is 0. The van der Waals surface area contributed by atoms with Gasteiger partial charge >= 0.3 is 6.55 Å². The van der Waals surface area contributed by atoms with Crippen LogP contribution in [0.5, 0.6) is 5.75 Å². The van der Waals surface area contributed by atoms with Gasteiger partial charge in [-0.2, -0.15) is 8.78 Å². The van der Waals surface area contributed by atoms with E-state index in [0.29, 0.717) is 22.3 Å². The van der Waals surface area contributed by atoms with E-state index in [0.717, 1.165) is 4.57 Å². The van der Waals surface area contributed by atoms with Crippen LogP contribution in [0.2, 0.25) is 0 Å². The Bertz CT molecular complexity index is 1140. The number of hydrogen-bond donors (Lipinski definition) is 1. The van der Waals surface area contributed by atoms with E-state index >= 15 is 0 Å². The quantitative estimate of drug-likeness (QED) is 0.486. The van der Waals surface area contributed by atoms with Crippen LogP contribution in [0.15, 0.2) is 78.9 Å². The third-order valence-electron chi connectivity index (χ3n) is 4.38. The molecule has 3 aromatic carbocycles. The van der Waals surface area contributed by atoms with Crippen molar-refractivity contribution in [3.8, 4) is 5.75 Å². The van der Waals surface area contributed by atoms with E-state index in [1.54, 1.807) is 60.7 Å². The lowest BCUT2D eigenvalue weighted by atomic mass is 10.2. The van der Waals surface area contributed by atoms with Gasteiger partial charge in [-0.05, 0) is 36.4 Å². The molecule has 1 aromatic heterocycles. The van der Waals surface area contributed by atoms with E-state index in [1.165, 1.54) is 0 Å². The van der Waals surface area contributed by atoms with Crippen molar-refractivity contribution in [1.82, 2.24) is 9.55 Å². The maximum atomic E-state index is 13.6. The highest BCUT2D eigenvalue weighted by Gasteiger charge is 2.19. The van der Waals surface area contributed by atoms with Gasteiger partial charge in [-0.25, -0.2) is 4.98 Å². The van der Waals surface area contributed by atoms with Crippen LogP contribution in [0, 0.1) is 0 Å². The summed E-state index contributed by atoms with van der Waals surface area (Å²) in [7, 11) is 0. The second-order valence-electron chi connectivity index (χ2n) is 6.27. The Morgan fingerprint density at radius 1 is 0.966 bits per heavy atom. The summed E-state index contributed by atoms with van der Waals surface area (Å²) in [4.78, 5) is 16.9.